The van der Waals surface area contributed by atoms with Gasteiger partial charge in [-0.2, -0.15) is 0 Å². The van der Waals surface area contributed by atoms with Gasteiger partial charge in [0.25, 0.3) is 0 Å². The second kappa shape index (κ2) is 3.83. The van der Waals surface area contributed by atoms with E-state index in [1.807, 2.05) is 6.92 Å². The van der Waals surface area contributed by atoms with Crippen LogP contribution in [0.25, 0.3) is 0 Å². The molecule has 2 rings (SSSR count). The van der Waals surface area contributed by atoms with Crippen molar-refractivity contribution in [1.82, 2.24) is 0 Å². The molecule has 0 aromatic heterocycles. The predicted molar refractivity (Wildman–Crippen MR) is 51.7 cm³/mol. The fourth-order valence-corrected chi connectivity index (χ4v) is 2.46. The Balaban J connectivity index is 2.04. The summed E-state index contributed by atoms with van der Waals surface area (Å²) in [4.78, 5) is 11.6. The number of carbonyl (C=O) groups is 1. The minimum Gasteiger partial charge on any atom is -0.359 e. The van der Waals surface area contributed by atoms with Crippen molar-refractivity contribution < 1.29 is 14.3 Å². The van der Waals surface area contributed by atoms with Gasteiger partial charge in [-0.3, -0.25) is 4.79 Å². The van der Waals surface area contributed by atoms with Gasteiger partial charge in [0.05, 0.1) is 6.10 Å². The summed E-state index contributed by atoms with van der Waals surface area (Å²) in [7, 11) is 1.60. The molecule has 14 heavy (non-hydrogen) atoms. The highest BCUT2D eigenvalue weighted by Gasteiger charge is 2.42. The lowest BCUT2D eigenvalue weighted by Crippen LogP contribution is -2.25. The summed E-state index contributed by atoms with van der Waals surface area (Å²) in [5, 5.41) is 0. The SMILES string of the molecule is COCO[C@@H]1C[C@H]2C[C@@H]1C(=O)C=C2C. The molecular weight excluding hydrogens is 180 g/mol. The molecule has 2 aliphatic carbocycles. The summed E-state index contributed by atoms with van der Waals surface area (Å²) in [6, 6.07) is 0. The molecular formula is C11H16O3. The highest BCUT2D eigenvalue weighted by Crippen LogP contribution is 2.41. The quantitative estimate of drug-likeness (QED) is 0.642. The number of hydrogen-bond acceptors (Lipinski definition) is 3. The fraction of sp³-hybridized carbons (Fsp3) is 0.727. The molecule has 0 spiro atoms. The van der Waals surface area contributed by atoms with Crippen LogP contribution in [0.1, 0.15) is 19.8 Å². The molecule has 0 amide bonds. The Morgan fingerprint density at radius 1 is 1.50 bits per heavy atom. The molecule has 3 atom stereocenters. The lowest BCUT2D eigenvalue weighted by molar-refractivity contribution is -0.127. The van der Waals surface area contributed by atoms with Crippen molar-refractivity contribution in [2.24, 2.45) is 11.8 Å². The molecule has 0 aromatic carbocycles. The van der Waals surface area contributed by atoms with E-state index in [4.69, 9.17) is 9.47 Å². The number of rotatable bonds is 3. The van der Waals surface area contributed by atoms with Gasteiger partial charge < -0.3 is 9.47 Å². The maximum absolute atomic E-state index is 11.6. The largest absolute Gasteiger partial charge is 0.359 e. The van der Waals surface area contributed by atoms with Gasteiger partial charge in [-0.25, -0.2) is 0 Å². The molecule has 0 heterocycles. The molecule has 1 saturated carbocycles. The van der Waals surface area contributed by atoms with Gasteiger partial charge in [0.1, 0.15) is 6.79 Å². The van der Waals surface area contributed by atoms with Gasteiger partial charge in [0, 0.05) is 13.0 Å². The summed E-state index contributed by atoms with van der Waals surface area (Å²) in [6.45, 7) is 2.33. The fourth-order valence-electron chi connectivity index (χ4n) is 2.46. The van der Waals surface area contributed by atoms with Crippen LogP contribution in [0.5, 0.6) is 0 Å². The lowest BCUT2D eigenvalue weighted by Gasteiger charge is -2.18. The van der Waals surface area contributed by atoms with Gasteiger partial charge in [-0.15, -0.1) is 0 Å². The Morgan fingerprint density at radius 2 is 2.29 bits per heavy atom. The van der Waals surface area contributed by atoms with E-state index >= 15 is 0 Å². The number of fused-ring (bicyclic) bond motifs is 2. The van der Waals surface area contributed by atoms with E-state index < -0.39 is 0 Å². The molecule has 2 aliphatic rings. The van der Waals surface area contributed by atoms with E-state index in [0.717, 1.165) is 12.8 Å². The van der Waals surface area contributed by atoms with Gasteiger partial charge in [-0.1, -0.05) is 5.57 Å². The molecule has 0 saturated heterocycles. The van der Waals surface area contributed by atoms with Gasteiger partial charge in [0.15, 0.2) is 5.78 Å². The summed E-state index contributed by atoms with van der Waals surface area (Å²) in [5.41, 5.74) is 1.22. The molecule has 3 nitrogen and oxygen atoms in total. The summed E-state index contributed by atoms with van der Waals surface area (Å²) < 4.78 is 10.4. The highest BCUT2D eigenvalue weighted by atomic mass is 16.7. The number of allylic oxidation sites excluding steroid dienone is 2. The van der Waals surface area contributed by atoms with Crippen LogP contribution < -0.4 is 0 Å². The van der Waals surface area contributed by atoms with Crippen molar-refractivity contribution in [3.05, 3.63) is 11.6 Å². The number of carbonyl (C=O) groups excluding carboxylic acids is 1. The second-order valence-corrected chi connectivity index (χ2v) is 4.18. The third-order valence-electron chi connectivity index (χ3n) is 3.28. The zero-order valence-electron chi connectivity index (χ0n) is 8.66. The van der Waals surface area contributed by atoms with Crippen LogP contribution in [0, 0.1) is 11.8 Å². The van der Waals surface area contributed by atoms with Crippen molar-refractivity contribution in [3.63, 3.8) is 0 Å². The minimum absolute atomic E-state index is 0.0705. The maximum Gasteiger partial charge on any atom is 0.161 e. The summed E-state index contributed by atoms with van der Waals surface area (Å²) in [5.74, 6) is 0.871. The van der Waals surface area contributed by atoms with E-state index in [-0.39, 0.29) is 17.8 Å². The average molecular weight is 196 g/mol. The Bertz CT molecular complexity index is 270. The molecule has 1 fully saturated rings. The molecule has 0 aromatic rings. The van der Waals surface area contributed by atoms with Gasteiger partial charge >= 0.3 is 0 Å². The van der Waals surface area contributed by atoms with Crippen molar-refractivity contribution in [2.45, 2.75) is 25.9 Å². The first-order valence-electron chi connectivity index (χ1n) is 5.05. The Labute approximate surface area is 84.1 Å². The summed E-state index contributed by atoms with van der Waals surface area (Å²) in [6.07, 6.45) is 3.80. The number of hydrogen-bond donors (Lipinski definition) is 0. The molecule has 0 N–H and O–H groups in total. The number of ether oxygens (including phenoxy) is 2. The summed E-state index contributed by atoms with van der Waals surface area (Å²) >= 11 is 0. The third-order valence-corrected chi connectivity index (χ3v) is 3.28. The molecule has 78 valence electrons. The van der Waals surface area contributed by atoms with E-state index in [9.17, 15) is 4.79 Å². The smallest absolute Gasteiger partial charge is 0.161 e. The first-order chi connectivity index (χ1) is 6.72. The lowest BCUT2D eigenvalue weighted by atomic mass is 9.88. The molecule has 0 radical (unpaired) electrons. The van der Waals surface area contributed by atoms with Gasteiger partial charge in [0.2, 0.25) is 0 Å². The monoisotopic (exact) mass is 196 g/mol. The topological polar surface area (TPSA) is 35.5 Å². The molecule has 0 aliphatic heterocycles. The zero-order chi connectivity index (χ0) is 10.1. The van der Waals surface area contributed by atoms with Crippen LogP contribution >= 0.6 is 0 Å². The van der Waals surface area contributed by atoms with Crippen LogP contribution in [-0.2, 0) is 14.3 Å². The molecule has 3 heteroatoms. The van der Waals surface area contributed by atoms with Crippen molar-refractivity contribution in [3.8, 4) is 0 Å². The van der Waals surface area contributed by atoms with Crippen LogP contribution in [-0.4, -0.2) is 25.8 Å². The van der Waals surface area contributed by atoms with E-state index in [2.05, 4.69) is 0 Å². The van der Waals surface area contributed by atoms with E-state index in [1.54, 1.807) is 13.2 Å². The van der Waals surface area contributed by atoms with E-state index in [0.29, 0.717) is 12.7 Å². The average Bonchev–Trinajstić information content (AvgIpc) is 2.53. The normalized spacial score (nSPS) is 36.0. The van der Waals surface area contributed by atoms with Crippen LogP contribution in [0.3, 0.4) is 0 Å². The highest BCUT2D eigenvalue weighted by molar-refractivity contribution is 5.94. The van der Waals surface area contributed by atoms with Crippen LogP contribution in [0.15, 0.2) is 11.6 Å². The van der Waals surface area contributed by atoms with Crippen molar-refractivity contribution >= 4 is 5.78 Å². The van der Waals surface area contributed by atoms with Crippen LogP contribution in [0.2, 0.25) is 0 Å². The number of ketones is 1. The Hall–Kier alpha value is -0.670. The Kier molecular flexibility index (Phi) is 2.70. The Morgan fingerprint density at radius 3 is 3.00 bits per heavy atom. The van der Waals surface area contributed by atoms with Crippen molar-refractivity contribution in [2.75, 3.05) is 13.9 Å². The zero-order valence-corrected chi connectivity index (χ0v) is 8.66. The molecule has 2 bridgehead atoms. The van der Waals surface area contributed by atoms with E-state index in [1.165, 1.54) is 5.57 Å². The standard InChI is InChI=1S/C11H16O3/c1-7-3-10(12)9-4-8(7)5-11(9)14-6-13-2/h3,8-9,11H,4-6H2,1-2H3/t8-,9-,11-/m1/s1. The predicted octanol–water partition coefficient (Wildman–Crippen LogP) is 1.53. The van der Waals surface area contributed by atoms with Gasteiger partial charge in [-0.05, 0) is 31.8 Å². The molecule has 0 unspecified atom stereocenters. The van der Waals surface area contributed by atoms with Crippen molar-refractivity contribution in [1.29, 1.82) is 0 Å². The van der Waals surface area contributed by atoms with Crippen LogP contribution in [0.4, 0.5) is 0 Å². The first kappa shape index (κ1) is 9.87. The first-order valence-corrected chi connectivity index (χ1v) is 5.05. The maximum atomic E-state index is 11.6. The third kappa shape index (κ3) is 1.62. The number of methoxy groups -OCH3 is 1. The minimum atomic E-state index is 0.0705. The second-order valence-electron chi connectivity index (χ2n) is 4.18.